The highest BCUT2D eigenvalue weighted by molar-refractivity contribution is 5.96. The Balaban J connectivity index is 1.52. The van der Waals surface area contributed by atoms with E-state index >= 15 is 0 Å². The lowest BCUT2D eigenvalue weighted by Gasteiger charge is -2.08. The lowest BCUT2D eigenvalue weighted by molar-refractivity contribution is 0.398. The van der Waals surface area contributed by atoms with Crippen LogP contribution >= 0.6 is 0 Å². The molecule has 5 rings (SSSR count). The first-order chi connectivity index (χ1) is 15.2. The zero-order valence-corrected chi connectivity index (χ0v) is 17.2. The maximum Gasteiger partial charge on any atom is 0.212 e. The number of methoxy groups -OCH3 is 1. The van der Waals surface area contributed by atoms with Crippen LogP contribution in [0.2, 0.25) is 0 Å². The van der Waals surface area contributed by atoms with Crippen molar-refractivity contribution in [1.29, 1.82) is 0 Å². The largest absolute Gasteiger partial charge is 0.508 e. The first-order valence-electron chi connectivity index (χ1n) is 10.2. The molecule has 1 N–H and O–H groups in total. The Morgan fingerprint density at radius 2 is 1.65 bits per heavy atom. The van der Waals surface area contributed by atoms with Crippen molar-refractivity contribution < 1.29 is 9.84 Å². The van der Waals surface area contributed by atoms with E-state index in [0.29, 0.717) is 5.88 Å². The van der Waals surface area contributed by atoms with Crippen LogP contribution in [-0.4, -0.2) is 21.8 Å². The minimum absolute atomic E-state index is 0.277. The summed E-state index contributed by atoms with van der Waals surface area (Å²) >= 11 is 0. The van der Waals surface area contributed by atoms with E-state index in [-0.39, 0.29) is 5.75 Å². The van der Waals surface area contributed by atoms with Gasteiger partial charge in [0.2, 0.25) is 5.88 Å². The van der Waals surface area contributed by atoms with E-state index in [1.807, 2.05) is 30.5 Å². The van der Waals surface area contributed by atoms with Gasteiger partial charge in [0.15, 0.2) is 0 Å². The molecule has 0 aliphatic rings. The molecule has 0 spiro atoms. The van der Waals surface area contributed by atoms with Crippen LogP contribution in [0.1, 0.15) is 5.56 Å². The molecule has 0 aliphatic carbocycles. The second kappa shape index (κ2) is 8.00. The van der Waals surface area contributed by atoms with Gasteiger partial charge in [-0.2, -0.15) is 0 Å². The van der Waals surface area contributed by atoms with Crippen molar-refractivity contribution in [2.24, 2.45) is 0 Å². The molecule has 0 radical (unpaired) electrons. The average Bonchev–Trinajstić information content (AvgIpc) is 3.18. The summed E-state index contributed by atoms with van der Waals surface area (Å²) in [5.41, 5.74) is 6.83. The molecule has 4 heteroatoms. The zero-order chi connectivity index (χ0) is 21.2. The van der Waals surface area contributed by atoms with Crippen LogP contribution in [0.15, 0.2) is 97.3 Å². The summed E-state index contributed by atoms with van der Waals surface area (Å²) in [4.78, 5) is 4.38. The number of para-hydroxylation sites is 1. The number of nitrogens with zero attached hydrogens (tertiary/aromatic N) is 2. The predicted molar refractivity (Wildman–Crippen MR) is 124 cm³/mol. The summed E-state index contributed by atoms with van der Waals surface area (Å²) in [7, 11) is 1.63. The van der Waals surface area contributed by atoms with Crippen molar-refractivity contribution in [1.82, 2.24) is 9.55 Å². The fourth-order valence-corrected chi connectivity index (χ4v) is 3.97. The van der Waals surface area contributed by atoms with Gasteiger partial charge in [0.1, 0.15) is 5.75 Å². The molecule has 0 atom stereocenters. The van der Waals surface area contributed by atoms with Crippen LogP contribution < -0.4 is 4.74 Å². The van der Waals surface area contributed by atoms with Crippen molar-refractivity contribution in [2.45, 2.75) is 6.54 Å². The summed E-state index contributed by atoms with van der Waals surface area (Å²) in [6, 6.07) is 28.2. The fraction of sp³-hybridized carbons (Fsp3) is 0.0741. The first-order valence-corrected chi connectivity index (χ1v) is 10.2. The number of benzene rings is 3. The second-order valence-electron chi connectivity index (χ2n) is 7.52. The molecule has 2 aromatic heterocycles. The average molecular weight is 406 g/mol. The Labute approximate surface area is 181 Å². The Kier molecular flexibility index (Phi) is 4.89. The van der Waals surface area contributed by atoms with Gasteiger partial charge in [0.25, 0.3) is 0 Å². The molecule has 0 aliphatic heterocycles. The Bertz CT molecular complexity index is 1340. The summed E-state index contributed by atoms with van der Waals surface area (Å²) in [6.07, 6.45) is 4.05. The molecule has 0 fully saturated rings. The number of phenols is 1. The van der Waals surface area contributed by atoms with Gasteiger partial charge in [-0.15, -0.1) is 0 Å². The summed E-state index contributed by atoms with van der Waals surface area (Å²) < 4.78 is 7.48. The van der Waals surface area contributed by atoms with E-state index in [2.05, 4.69) is 64.3 Å². The van der Waals surface area contributed by atoms with Crippen molar-refractivity contribution in [3.63, 3.8) is 0 Å². The molecule has 0 amide bonds. The third kappa shape index (κ3) is 3.76. The minimum atomic E-state index is 0.277. The molecule has 0 saturated carbocycles. The molecule has 5 aromatic rings. The highest BCUT2D eigenvalue weighted by Crippen LogP contribution is 2.32. The Morgan fingerprint density at radius 3 is 2.42 bits per heavy atom. The molecule has 2 heterocycles. The van der Waals surface area contributed by atoms with Crippen molar-refractivity contribution in [3.8, 4) is 33.9 Å². The van der Waals surface area contributed by atoms with Crippen LogP contribution in [0.25, 0.3) is 33.2 Å². The number of aromatic hydroxyl groups is 1. The summed E-state index contributed by atoms with van der Waals surface area (Å²) in [5.74, 6) is 0.887. The summed E-state index contributed by atoms with van der Waals surface area (Å²) in [5, 5.41) is 10.8. The van der Waals surface area contributed by atoms with Gasteiger partial charge in [0.05, 0.1) is 7.11 Å². The van der Waals surface area contributed by atoms with Crippen LogP contribution in [0, 0.1) is 0 Å². The molecule has 0 bridgehead atoms. The van der Waals surface area contributed by atoms with Gasteiger partial charge >= 0.3 is 0 Å². The van der Waals surface area contributed by atoms with Crippen LogP contribution in [-0.2, 0) is 6.54 Å². The monoisotopic (exact) mass is 406 g/mol. The van der Waals surface area contributed by atoms with Gasteiger partial charge in [0, 0.05) is 47.0 Å². The summed E-state index contributed by atoms with van der Waals surface area (Å²) in [6.45, 7) is 0.760. The Hall–Kier alpha value is -4.05. The second-order valence-corrected chi connectivity index (χ2v) is 7.52. The van der Waals surface area contributed by atoms with Gasteiger partial charge in [-0.3, -0.25) is 0 Å². The van der Waals surface area contributed by atoms with Gasteiger partial charge < -0.3 is 14.4 Å². The topological polar surface area (TPSA) is 47.3 Å². The van der Waals surface area contributed by atoms with Gasteiger partial charge in [-0.1, -0.05) is 48.5 Å². The van der Waals surface area contributed by atoms with E-state index in [1.54, 1.807) is 19.2 Å². The lowest BCUT2D eigenvalue weighted by Crippen LogP contribution is -1.98. The Morgan fingerprint density at radius 1 is 0.839 bits per heavy atom. The molecular weight excluding hydrogens is 384 g/mol. The number of rotatable bonds is 5. The first kappa shape index (κ1) is 18.9. The molecule has 31 heavy (non-hydrogen) atoms. The quantitative estimate of drug-likeness (QED) is 0.382. The molecule has 4 nitrogen and oxygen atoms in total. The number of aromatic nitrogens is 2. The lowest BCUT2D eigenvalue weighted by atomic mass is 10.0. The van der Waals surface area contributed by atoms with Gasteiger partial charge in [-0.05, 0) is 47.0 Å². The van der Waals surface area contributed by atoms with E-state index in [4.69, 9.17) is 4.74 Å². The van der Waals surface area contributed by atoms with Crippen molar-refractivity contribution in [2.75, 3.05) is 7.11 Å². The number of hydrogen-bond acceptors (Lipinski definition) is 3. The standard InChI is InChI=1S/C27H22N2O2/c1-31-27-14-11-22(16-28-27)25-18-29(26-8-3-2-7-24(25)26)17-19-5-4-6-21(15-19)20-9-12-23(30)13-10-20/h2-16,18,30H,17H2,1H3. The smallest absolute Gasteiger partial charge is 0.212 e. The van der Waals surface area contributed by atoms with Crippen LogP contribution in [0.5, 0.6) is 11.6 Å². The molecular formula is C27H22N2O2. The minimum Gasteiger partial charge on any atom is -0.508 e. The van der Waals surface area contributed by atoms with E-state index < -0.39 is 0 Å². The van der Waals surface area contributed by atoms with Crippen LogP contribution in [0.4, 0.5) is 0 Å². The molecule has 3 aromatic carbocycles. The van der Waals surface area contributed by atoms with Gasteiger partial charge in [-0.25, -0.2) is 4.98 Å². The maximum atomic E-state index is 9.56. The zero-order valence-electron chi connectivity index (χ0n) is 17.2. The third-order valence-corrected chi connectivity index (χ3v) is 5.53. The fourth-order valence-electron chi connectivity index (χ4n) is 3.97. The molecule has 0 unspecified atom stereocenters. The predicted octanol–water partition coefficient (Wildman–Crippen LogP) is 6.13. The molecule has 0 saturated heterocycles. The number of pyridine rings is 1. The van der Waals surface area contributed by atoms with E-state index in [1.165, 1.54) is 16.5 Å². The third-order valence-electron chi connectivity index (χ3n) is 5.53. The molecule has 152 valence electrons. The van der Waals surface area contributed by atoms with Crippen LogP contribution in [0.3, 0.4) is 0 Å². The number of hydrogen-bond donors (Lipinski definition) is 1. The number of fused-ring (bicyclic) bond motifs is 1. The highest BCUT2D eigenvalue weighted by Gasteiger charge is 2.11. The number of phenolic OH excluding ortho intramolecular Hbond substituents is 1. The maximum absolute atomic E-state index is 9.56. The normalized spacial score (nSPS) is 11.0. The van der Waals surface area contributed by atoms with Crippen molar-refractivity contribution in [3.05, 3.63) is 103 Å². The van der Waals surface area contributed by atoms with Crippen molar-refractivity contribution >= 4 is 10.9 Å². The number of ether oxygens (including phenoxy) is 1. The van der Waals surface area contributed by atoms with E-state index in [0.717, 1.165) is 28.8 Å². The van der Waals surface area contributed by atoms with E-state index in [9.17, 15) is 5.11 Å². The highest BCUT2D eigenvalue weighted by atomic mass is 16.5. The SMILES string of the molecule is COc1ccc(-c2cn(Cc3cccc(-c4ccc(O)cc4)c3)c3ccccc23)cn1.